The molecule has 2 aromatic carbocycles. The maximum atomic E-state index is 5.17. The summed E-state index contributed by atoms with van der Waals surface area (Å²) in [5.74, 6) is 1.59. The first-order chi connectivity index (χ1) is 11.2. The lowest BCUT2D eigenvalue weighted by Gasteiger charge is -2.08. The van der Waals surface area contributed by atoms with Crippen LogP contribution in [0.2, 0.25) is 0 Å². The molecule has 0 N–H and O–H groups in total. The van der Waals surface area contributed by atoms with Gasteiger partial charge in [0.25, 0.3) is 0 Å². The summed E-state index contributed by atoms with van der Waals surface area (Å²) in [4.78, 5) is 10.0. The predicted molar refractivity (Wildman–Crippen MR) is 87.6 cm³/mol. The molecule has 0 bridgehead atoms. The highest BCUT2D eigenvalue weighted by Gasteiger charge is 2.24. The van der Waals surface area contributed by atoms with E-state index in [0.717, 1.165) is 23.9 Å². The van der Waals surface area contributed by atoms with E-state index in [9.17, 15) is 0 Å². The minimum absolute atomic E-state index is 0.615. The van der Waals surface area contributed by atoms with Crippen LogP contribution in [0, 0.1) is 6.92 Å². The molecule has 122 valence electrons. The van der Waals surface area contributed by atoms with Crippen LogP contribution >= 0.6 is 0 Å². The number of methoxy groups -OCH3 is 2. The van der Waals surface area contributed by atoms with Gasteiger partial charge < -0.3 is 9.47 Å². The lowest BCUT2D eigenvalue weighted by atomic mass is 10.2. The van der Waals surface area contributed by atoms with Gasteiger partial charge in [-0.2, -0.15) is 0 Å². The second kappa shape index (κ2) is 6.76. The molecule has 2 saturated heterocycles. The Morgan fingerprint density at radius 3 is 2.09 bits per heavy atom. The van der Waals surface area contributed by atoms with Crippen LogP contribution in [0.15, 0.2) is 42.5 Å². The Morgan fingerprint density at radius 2 is 1.52 bits per heavy atom. The summed E-state index contributed by atoms with van der Waals surface area (Å²) in [6.45, 7) is 3.44. The maximum Gasteiger partial charge on any atom is 0.171 e. The molecule has 6 nitrogen and oxygen atoms in total. The fourth-order valence-electron chi connectivity index (χ4n) is 2.17. The quantitative estimate of drug-likeness (QED) is 0.808. The smallest absolute Gasteiger partial charge is 0.171 e. The molecule has 2 heterocycles. The lowest BCUT2D eigenvalue weighted by molar-refractivity contribution is 0.397. The van der Waals surface area contributed by atoms with Crippen molar-refractivity contribution in [3.05, 3.63) is 48.0 Å². The maximum absolute atomic E-state index is 5.17. The number of benzene rings is 2. The highest BCUT2D eigenvalue weighted by atomic mass is 16.8. The van der Waals surface area contributed by atoms with Gasteiger partial charge in [0.1, 0.15) is 17.2 Å². The van der Waals surface area contributed by atoms with Crippen molar-refractivity contribution in [1.29, 1.82) is 0 Å². The zero-order valence-electron chi connectivity index (χ0n) is 13.5. The molecule has 2 aliphatic rings. The molecule has 0 aromatic heterocycles. The summed E-state index contributed by atoms with van der Waals surface area (Å²) < 4.78 is 10.3. The van der Waals surface area contributed by atoms with Crippen LogP contribution in [0.5, 0.6) is 11.5 Å². The second-order valence-corrected chi connectivity index (χ2v) is 5.10. The van der Waals surface area contributed by atoms with Gasteiger partial charge >= 0.3 is 0 Å². The van der Waals surface area contributed by atoms with E-state index in [4.69, 9.17) is 19.1 Å². The molecule has 2 fully saturated rings. The van der Waals surface area contributed by atoms with E-state index in [1.54, 1.807) is 19.3 Å². The average molecular weight is 316 g/mol. The van der Waals surface area contributed by atoms with Crippen LogP contribution < -0.4 is 19.6 Å². The summed E-state index contributed by atoms with van der Waals surface area (Å²) in [6.07, 6.45) is 0. The Balaban J connectivity index is 0.000000140. The molecule has 0 aliphatic carbocycles. The zero-order chi connectivity index (χ0) is 16.2. The summed E-state index contributed by atoms with van der Waals surface area (Å²) in [6, 6.07) is 13.8. The lowest BCUT2D eigenvalue weighted by Crippen LogP contribution is -1.95. The van der Waals surface area contributed by atoms with Crippen LogP contribution in [0.3, 0.4) is 0 Å². The fourth-order valence-corrected chi connectivity index (χ4v) is 2.17. The zero-order valence-corrected chi connectivity index (χ0v) is 13.5. The van der Waals surface area contributed by atoms with Crippen LogP contribution in [0.25, 0.3) is 0 Å². The van der Waals surface area contributed by atoms with Crippen molar-refractivity contribution in [2.45, 2.75) is 6.92 Å². The van der Waals surface area contributed by atoms with Crippen LogP contribution in [0.1, 0.15) is 5.56 Å². The van der Waals surface area contributed by atoms with Gasteiger partial charge in [0.2, 0.25) is 0 Å². The van der Waals surface area contributed by atoms with Gasteiger partial charge in [-0.05, 0) is 30.7 Å². The second-order valence-electron chi connectivity index (χ2n) is 5.10. The molecule has 0 unspecified atom stereocenters. The van der Waals surface area contributed by atoms with Crippen molar-refractivity contribution < 1.29 is 19.1 Å². The molecular formula is C17H20N2O4. The third-order valence-electron chi connectivity index (χ3n) is 3.56. The fraction of sp³-hybridized carbons (Fsp3) is 0.294. The Bertz CT molecular complexity index is 669. The van der Waals surface area contributed by atoms with Crippen molar-refractivity contribution in [3.8, 4) is 11.5 Å². The van der Waals surface area contributed by atoms with Crippen LogP contribution in [0.4, 0.5) is 11.4 Å². The minimum atomic E-state index is 0.615. The van der Waals surface area contributed by atoms with E-state index in [1.165, 1.54) is 11.3 Å². The number of para-hydroxylation sites is 1. The number of aryl methyl sites for hydroxylation is 1. The molecule has 0 atom stereocenters. The third kappa shape index (κ3) is 3.85. The van der Waals surface area contributed by atoms with Gasteiger partial charge in [0, 0.05) is 6.07 Å². The summed E-state index contributed by atoms with van der Waals surface area (Å²) in [7, 11) is 3.27. The predicted octanol–water partition coefficient (Wildman–Crippen LogP) is 3.12. The van der Waals surface area contributed by atoms with E-state index >= 15 is 0 Å². The topological polar surface area (TPSA) is 49.5 Å². The number of rotatable bonds is 4. The van der Waals surface area contributed by atoms with Crippen molar-refractivity contribution in [2.75, 3.05) is 37.8 Å². The SMILES string of the molecule is COc1ccc(OC)c(N2CO2)c1.Cc1ccccc1N1CO1. The van der Waals surface area contributed by atoms with Gasteiger partial charge in [-0.25, -0.2) is 19.8 Å². The Hall–Kier alpha value is -2.44. The normalized spacial score (nSPS) is 14.7. The van der Waals surface area contributed by atoms with Crippen LogP contribution in [-0.2, 0) is 9.68 Å². The van der Waals surface area contributed by atoms with E-state index < -0.39 is 0 Å². The Morgan fingerprint density at radius 1 is 0.870 bits per heavy atom. The van der Waals surface area contributed by atoms with Gasteiger partial charge in [-0.3, -0.25) is 0 Å². The minimum Gasteiger partial charge on any atom is -0.497 e. The first-order valence-electron chi connectivity index (χ1n) is 7.31. The Labute approximate surface area is 135 Å². The number of ether oxygens (including phenoxy) is 2. The van der Waals surface area contributed by atoms with Crippen molar-refractivity contribution in [3.63, 3.8) is 0 Å². The highest BCUT2D eigenvalue weighted by molar-refractivity contribution is 5.61. The molecule has 2 aromatic rings. The van der Waals surface area contributed by atoms with E-state index in [1.807, 2.05) is 35.4 Å². The standard InChI is InChI=1S/C9H11NO3.C8H9NO/c1-11-7-3-4-9(12-2)8(5-7)10-6-13-10;1-7-4-2-3-5-8(7)9-6-10-9/h3-5H,6H2,1-2H3;2-5H,6H2,1H3. The number of nitrogens with zero attached hydrogens (tertiary/aromatic N) is 2. The number of hydrogen-bond donors (Lipinski definition) is 0. The van der Waals surface area contributed by atoms with Crippen molar-refractivity contribution in [2.24, 2.45) is 0 Å². The number of hydroxylamine groups is 2. The number of anilines is 2. The molecule has 6 heteroatoms. The molecular weight excluding hydrogens is 296 g/mol. The van der Waals surface area contributed by atoms with Crippen molar-refractivity contribution in [1.82, 2.24) is 0 Å². The Kier molecular flexibility index (Phi) is 4.55. The molecule has 0 saturated carbocycles. The van der Waals surface area contributed by atoms with E-state index in [2.05, 4.69) is 19.1 Å². The number of hydrogen-bond acceptors (Lipinski definition) is 6. The van der Waals surface area contributed by atoms with Gasteiger partial charge in [0.05, 0.1) is 19.9 Å². The first kappa shape index (κ1) is 15.5. The van der Waals surface area contributed by atoms with Crippen molar-refractivity contribution >= 4 is 11.4 Å². The largest absolute Gasteiger partial charge is 0.497 e. The molecule has 0 amide bonds. The van der Waals surface area contributed by atoms with Crippen LogP contribution in [-0.4, -0.2) is 27.7 Å². The molecule has 23 heavy (non-hydrogen) atoms. The van der Waals surface area contributed by atoms with Gasteiger partial charge in [-0.15, -0.1) is 0 Å². The summed E-state index contributed by atoms with van der Waals surface area (Å²) in [5, 5.41) is 3.61. The van der Waals surface area contributed by atoms with Gasteiger partial charge in [0.15, 0.2) is 13.5 Å². The summed E-state index contributed by atoms with van der Waals surface area (Å²) >= 11 is 0. The van der Waals surface area contributed by atoms with E-state index in [0.29, 0.717) is 6.73 Å². The molecule has 2 aliphatic heterocycles. The highest BCUT2D eigenvalue weighted by Crippen LogP contribution is 2.35. The average Bonchev–Trinajstić information content (AvgIpc) is 3.48. The molecule has 0 radical (unpaired) electrons. The molecule has 4 rings (SSSR count). The van der Waals surface area contributed by atoms with E-state index in [-0.39, 0.29) is 0 Å². The molecule has 0 spiro atoms. The first-order valence-corrected chi connectivity index (χ1v) is 7.31. The third-order valence-corrected chi connectivity index (χ3v) is 3.56. The van der Waals surface area contributed by atoms with Gasteiger partial charge in [-0.1, -0.05) is 18.2 Å². The monoisotopic (exact) mass is 316 g/mol. The summed E-state index contributed by atoms with van der Waals surface area (Å²) in [5.41, 5.74) is 3.35.